The normalized spacial score (nSPS) is 9.09. The molecule has 0 aliphatic rings. The number of hydrogen-bond donors (Lipinski definition) is 1. The summed E-state index contributed by atoms with van der Waals surface area (Å²) in [5, 5.41) is 8.93. The summed E-state index contributed by atoms with van der Waals surface area (Å²) in [4.78, 5) is 0. The molecule has 0 saturated carbocycles. The molecule has 1 N–H and O–H groups in total. The summed E-state index contributed by atoms with van der Waals surface area (Å²) in [5.74, 6) is 0. The predicted octanol–water partition coefficient (Wildman–Crippen LogP) is -3.80. The van der Waals surface area contributed by atoms with Crippen LogP contribution in [-0.2, 0) is 14.6 Å². The van der Waals surface area contributed by atoms with E-state index in [9.17, 15) is 8.42 Å². The molecule has 0 saturated heterocycles. The fourth-order valence-electron chi connectivity index (χ4n) is 0.149. The first-order valence-corrected chi connectivity index (χ1v) is 4.04. The standard InChI is InChI=1S/C2H6O4S.C2H5O.Na/c1-2-6-7(3,4)5;1-2-3;/h2H2,1H3,(H,3,4,5);2H2,1H3;/q;-1;+1. The van der Waals surface area contributed by atoms with E-state index in [4.69, 9.17) is 9.66 Å². The van der Waals surface area contributed by atoms with Gasteiger partial charge < -0.3 is 5.11 Å². The molecule has 5 nitrogen and oxygen atoms in total. The minimum absolute atomic E-state index is 0. The Morgan fingerprint density at radius 3 is 1.73 bits per heavy atom. The molecule has 0 spiro atoms. The second-order valence-electron chi connectivity index (χ2n) is 1.12. The van der Waals surface area contributed by atoms with Crippen LogP contribution in [0.15, 0.2) is 0 Å². The molecule has 0 atom stereocenters. The summed E-state index contributed by atoms with van der Waals surface area (Å²) in [5.41, 5.74) is 0. The van der Waals surface area contributed by atoms with Crippen LogP contribution in [0.25, 0.3) is 0 Å². The van der Waals surface area contributed by atoms with Crippen LogP contribution in [-0.4, -0.2) is 26.2 Å². The van der Waals surface area contributed by atoms with Crippen molar-refractivity contribution in [2.75, 3.05) is 13.2 Å². The molecule has 0 rings (SSSR count). The van der Waals surface area contributed by atoms with Crippen molar-refractivity contribution in [3.05, 3.63) is 0 Å². The topological polar surface area (TPSA) is 86.7 Å². The smallest absolute Gasteiger partial charge is 0.855 e. The zero-order valence-corrected chi connectivity index (χ0v) is 9.72. The van der Waals surface area contributed by atoms with E-state index in [0.29, 0.717) is 0 Å². The van der Waals surface area contributed by atoms with Crippen molar-refractivity contribution in [3.63, 3.8) is 0 Å². The average molecular weight is 194 g/mol. The zero-order chi connectivity index (χ0) is 8.62. The van der Waals surface area contributed by atoms with Crippen molar-refractivity contribution in [1.82, 2.24) is 0 Å². The van der Waals surface area contributed by atoms with Crippen molar-refractivity contribution in [3.8, 4) is 0 Å². The van der Waals surface area contributed by atoms with Gasteiger partial charge in [0.25, 0.3) is 0 Å². The van der Waals surface area contributed by atoms with Crippen LogP contribution in [0.1, 0.15) is 13.8 Å². The first-order chi connectivity index (χ1) is 4.47. The summed E-state index contributed by atoms with van der Waals surface area (Å²) in [6.45, 7) is 3.01. The van der Waals surface area contributed by atoms with Gasteiger partial charge in [-0.25, -0.2) is 4.18 Å². The van der Waals surface area contributed by atoms with Gasteiger partial charge in [-0.15, -0.1) is 6.61 Å². The van der Waals surface area contributed by atoms with Crippen molar-refractivity contribution in [2.45, 2.75) is 13.8 Å². The van der Waals surface area contributed by atoms with Gasteiger partial charge in [0, 0.05) is 0 Å². The molecule has 0 amide bonds. The van der Waals surface area contributed by atoms with E-state index in [-0.39, 0.29) is 42.8 Å². The van der Waals surface area contributed by atoms with Gasteiger partial charge in [0.15, 0.2) is 0 Å². The van der Waals surface area contributed by atoms with Crippen molar-refractivity contribution in [2.24, 2.45) is 0 Å². The van der Waals surface area contributed by atoms with Gasteiger partial charge >= 0.3 is 40.0 Å². The maximum Gasteiger partial charge on any atom is 1.00 e. The molecule has 64 valence electrons. The van der Waals surface area contributed by atoms with Crippen LogP contribution in [0.2, 0.25) is 0 Å². The second-order valence-corrected chi connectivity index (χ2v) is 2.21. The second kappa shape index (κ2) is 10.8. The van der Waals surface area contributed by atoms with E-state index in [2.05, 4.69) is 4.18 Å². The molecule has 0 aromatic rings. The SMILES string of the molecule is CCOS(=O)(=O)O.CC[O-].[Na+]. The Morgan fingerprint density at radius 1 is 1.45 bits per heavy atom. The fourth-order valence-corrected chi connectivity index (χ4v) is 0.447. The van der Waals surface area contributed by atoms with Gasteiger partial charge in [-0.3, -0.25) is 4.55 Å². The van der Waals surface area contributed by atoms with E-state index in [0.717, 1.165) is 0 Å². The van der Waals surface area contributed by atoms with E-state index < -0.39 is 10.4 Å². The van der Waals surface area contributed by atoms with Gasteiger partial charge in [0.1, 0.15) is 0 Å². The molecular weight excluding hydrogens is 183 g/mol. The Morgan fingerprint density at radius 2 is 1.73 bits per heavy atom. The number of rotatable bonds is 2. The summed E-state index contributed by atoms with van der Waals surface area (Å²) in [7, 11) is -4.17. The Balaban J connectivity index is -0.000000140. The van der Waals surface area contributed by atoms with Crippen molar-refractivity contribution >= 4 is 10.4 Å². The summed E-state index contributed by atoms with van der Waals surface area (Å²) < 4.78 is 30.7. The average Bonchev–Trinajstić information content (AvgIpc) is 1.63. The monoisotopic (exact) mass is 194 g/mol. The van der Waals surface area contributed by atoms with Gasteiger partial charge in [-0.1, -0.05) is 6.92 Å². The molecule has 0 unspecified atom stereocenters. The summed E-state index contributed by atoms with van der Waals surface area (Å²) in [6.07, 6.45) is 0. The predicted molar refractivity (Wildman–Crippen MR) is 33.7 cm³/mol. The Hall–Kier alpha value is 0.830. The van der Waals surface area contributed by atoms with Gasteiger partial charge in [0.05, 0.1) is 6.61 Å². The molecule has 0 aromatic carbocycles. The maximum atomic E-state index is 9.56. The molecule has 0 aliphatic heterocycles. The summed E-state index contributed by atoms with van der Waals surface area (Å²) >= 11 is 0. The Kier molecular flexibility index (Phi) is 17.5. The summed E-state index contributed by atoms with van der Waals surface area (Å²) in [6, 6.07) is 0. The van der Waals surface area contributed by atoms with E-state index in [1.807, 2.05) is 0 Å². The molecule has 11 heavy (non-hydrogen) atoms. The van der Waals surface area contributed by atoms with Crippen LogP contribution >= 0.6 is 0 Å². The quantitative estimate of drug-likeness (QED) is 0.360. The molecule has 0 heterocycles. The third-order valence-electron chi connectivity index (χ3n) is 0.267. The third kappa shape index (κ3) is 36.2. The molecular formula is C4H11NaO5S. The Labute approximate surface area is 89.0 Å². The van der Waals surface area contributed by atoms with Gasteiger partial charge in [-0.05, 0) is 6.92 Å². The zero-order valence-electron chi connectivity index (χ0n) is 6.90. The van der Waals surface area contributed by atoms with E-state index in [1.54, 1.807) is 6.92 Å². The first kappa shape index (κ1) is 17.8. The molecule has 0 bridgehead atoms. The first-order valence-electron chi connectivity index (χ1n) is 2.67. The van der Waals surface area contributed by atoms with Gasteiger partial charge in [0.2, 0.25) is 0 Å². The molecule has 0 fully saturated rings. The van der Waals surface area contributed by atoms with E-state index in [1.165, 1.54) is 6.92 Å². The minimum atomic E-state index is -4.17. The van der Waals surface area contributed by atoms with Crippen LogP contribution < -0.4 is 34.7 Å². The van der Waals surface area contributed by atoms with Crippen LogP contribution in [0.4, 0.5) is 0 Å². The molecule has 0 radical (unpaired) electrons. The van der Waals surface area contributed by atoms with Crippen molar-refractivity contribution < 1.29 is 51.8 Å². The Bertz CT molecular complexity index is 143. The van der Waals surface area contributed by atoms with E-state index >= 15 is 0 Å². The maximum absolute atomic E-state index is 9.56. The molecule has 0 aliphatic carbocycles. The third-order valence-corrected chi connectivity index (χ3v) is 0.800. The minimum Gasteiger partial charge on any atom is -0.855 e. The van der Waals surface area contributed by atoms with Crippen LogP contribution in [0.5, 0.6) is 0 Å². The van der Waals surface area contributed by atoms with Crippen molar-refractivity contribution in [1.29, 1.82) is 0 Å². The van der Waals surface area contributed by atoms with Gasteiger partial charge in [-0.2, -0.15) is 8.42 Å². The fraction of sp³-hybridized carbons (Fsp3) is 1.00. The molecule has 7 heteroatoms. The van der Waals surface area contributed by atoms with Crippen LogP contribution in [0, 0.1) is 0 Å². The largest absolute Gasteiger partial charge is 1.00 e. The molecule has 0 aromatic heterocycles. The number of hydrogen-bond acceptors (Lipinski definition) is 4. The van der Waals surface area contributed by atoms with Crippen LogP contribution in [0.3, 0.4) is 0 Å².